The summed E-state index contributed by atoms with van der Waals surface area (Å²) in [5.74, 6) is -2.28. The number of benzene rings is 1. The monoisotopic (exact) mass is 431 g/mol. The van der Waals surface area contributed by atoms with Gasteiger partial charge in [-0.05, 0) is 30.2 Å². The van der Waals surface area contributed by atoms with Crippen LogP contribution in [0.25, 0.3) is 0 Å². The van der Waals surface area contributed by atoms with Crippen molar-refractivity contribution in [3.63, 3.8) is 0 Å². The fourth-order valence-electron chi connectivity index (χ4n) is 6.16. The molecule has 7 atom stereocenters. The minimum absolute atomic E-state index is 0.0463. The molecule has 2 N–H and O–H groups in total. The van der Waals surface area contributed by atoms with Crippen molar-refractivity contribution in [3.05, 3.63) is 38.3 Å². The molecule has 3 heterocycles. The SMILES string of the molecule is COc1cccc2c1OC(=O)C1C3CC(C4Sc5[nH]c(=O)sc5C2C34)C1C(=O)O. The van der Waals surface area contributed by atoms with Crippen molar-refractivity contribution in [2.45, 2.75) is 22.6 Å². The van der Waals surface area contributed by atoms with Gasteiger partial charge in [-0.2, -0.15) is 0 Å². The van der Waals surface area contributed by atoms with E-state index in [9.17, 15) is 19.5 Å². The Balaban J connectivity index is 1.65. The average molecular weight is 431 g/mol. The number of rotatable bonds is 2. The summed E-state index contributed by atoms with van der Waals surface area (Å²) in [5.41, 5.74) is 0.836. The number of H-pyrrole nitrogens is 1. The number of methoxy groups -OCH3 is 1. The lowest BCUT2D eigenvalue weighted by Crippen LogP contribution is -2.49. The van der Waals surface area contributed by atoms with Gasteiger partial charge in [-0.3, -0.25) is 14.4 Å². The Morgan fingerprint density at radius 2 is 2.14 bits per heavy atom. The molecule has 0 saturated heterocycles. The number of thiazole rings is 1. The number of thioether (sulfide) groups is 1. The molecule has 2 bridgehead atoms. The molecule has 1 aromatic carbocycles. The molecule has 4 aliphatic rings. The lowest BCUT2D eigenvalue weighted by atomic mass is 9.66. The summed E-state index contributed by atoms with van der Waals surface area (Å²) < 4.78 is 11.3. The third kappa shape index (κ3) is 2.17. The quantitative estimate of drug-likeness (QED) is 0.556. The topological polar surface area (TPSA) is 106 Å². The molecule has 2 fully saturated rings. The summed E-state index contributed by atoms with van der Waals surface area (Å²) in [7, 11) is 1.51. The van der Waals surface area contributed by atoms with E-state index >= 15 is 0 Å². The molecule has 1 aromatic heterocycles. The molecule has 2 aromatic rings. The number of fused-ring (bicyclic) bond motifs is 6. The number of carboxylic acid groups (broad SMARTS) is 1. The van der Waals surface area contributed by atoms with Crippen LogP contribution in [0.5, 0.6) is 11.5 Å². The van der Waals surface area contributed by atoms with Gasteiger partial charge in [0.25, 0.3) is 0 Å². The van der Waals surface area contributed by atoms with Gasteiger partial charge in [-0.1, -0.05) is 23.5 Å². The highest BCUT2D eigenvalue weighted by molar-refractivity contribution is 8.00. The predicted molar refractivity (Wildman–Crippen MR) is 105 cm³/mol. The molecule has 0 radical (unpaired) electrons. The second-order valence-corrected chi connectivity index (χ2v) is 10.3. The number of aliphatic carboxylic acids is 1. The molecular weight excluding hydrogens is 414 g/mol. The summed E-state index contributed by atoms with van der Waals surface area (Å²) in [4.78, 5) is 41.2. The minimum atomic E-state index is -0.944. The zero-order chi connectivity index (χ0) is 20.0. The van der Waals surface area contributed by atoms with E-state index in [0.717, 1.165) is 15.5 Å². The van der Waals surface area contributed by atoms with Crippen LogP contribution in [-0.4, -0.2) is 34.4 Å². The van der Waals surface area contributed by atoms with Gasteiger partial charge in [0.2, 0.25) is 0 Å². The van der Waals surface area contributed by atoms with E-state index in [2.05, 4.69) is 4.98 Å². The number of aromatic amines is 1. The molecule has 9 heteroatoms. The van der Waals surface area contributed by atoms with Crippen molar-refractivity contribution in [2.24, 2.45) is 29.6 Å². The smallest absolute Gasteiger partial charge is 0.315 e. The first kappa shape index (κ1) is 17.6. The lowest BCUT2D eigenvalue weighted by molar-refractivity contribution is -0.156. The van der Waals surface area contributed by atoms with Gasteiger partial charge in [0.05, 0.1) is 24.0 Å². The van der Waals surface area contributed by atoms with E-state index in [-0.39, 0.29) is 33.8 Å². The summed E-state index contributed by atoms with van der Waals surface area (Å²) >= 11 is 2.78. The Morgan fingerprint density at radius 1 is 1.31 bits per heavy atom. The Labute approximate surface area is 173 Å². The highest BCUT2D eigenvalue weighted by Crippen LogP contribution is 2.68. The third-order valence-electron chi connectivity index (χ3n) is 7.04. The van der Waals surface area contributed by atoms with Crippen LogP contribution >= 0.6 is 23.1 Å². The second kappa shape index (κ2) is 5.89. The van der Waals surface area contributed by atoms with Gasteiger partial charge < -0.3 is 19.6 Å². The van der Waals surface area contributed by atoms with Crippen molar-refractivity contribution in [1.29, 1.82) is 0 Å². The van der Waals surface area contributed by atoms with Crippen molar-refractivity contribution in [1.82, 2.24) is 4.98 Å². The lowest BCUT2D eigenvalue weighted by Gasteiger charge is -2.45. The summed E-state index contributed by atoms with van der Waals surface area (Å²) in [6.07, 6.45) is 0.702. The van der Waals surface area contributed by atoms with E-state index in [1.165, 1.54) is 18.4 Å². The number of ether oxygens (including phenoxy) is 2. The largest absolute Gasteiger partial charge is 0.493 e. The van der Waals surface area contributed by atoms with Gasteiger partial charge in [-0.15, -0.1) is 11.8 Å². The fourth-order valence-corrected chi connectivity index (χ4v) is 9.04. The number of nitrogens with one attached hydrogen (secondary N) is 1. The Morgan fingerprint density at radius 3 is 2.90 bits per heavy atom. The van der Waals surface area contributed by atoms with E-state index in [0.29, 0.717) is 17.9 Å². The number of hydrogen-bond acceptors (Lipinski definition) is 7. The molecule has 0 amide bonds. The van der Waals surface area contributed by atoms with Crippen molar-refractivity contribution >= 4 is 35.0 Å². The van der Waals surface area contributed by atoms with Crippen LogP contribution in [-0.2, 0) is 9.59 Å². The highest BCUT2D eigenvalue weighted by Gasteiger charge is 2.67. The van der Waals surface area contributed by atoms with Crippen LogP contribution in [0.1, 0.15) is 22.8 Å². The van der Waals surface area contributed by atoms with E-state index in [1.807, 2.05) is 12.1 Å². The van der Waals surface area contributed by atoms with Gasteiger partial charge in [0.1, 0.15) is 0 Å². The Hall–Kier alpha value is -2.26. The summed E-state index contributed by atoms with van der Waals surface area (Å²) in [5, 5.41) is 10.8. The zero-order valence-electron chi connectivity index (χ0n) is 15.3. The van der Waals surface area contributed by atoms with E-state index in [4.69, 9.17) is 9.47 Å². The van der Waals surface area contributed by atoms with Crippen molar-refractivity contribution < 1.29 is 24.2 Å². The minimum Gasteiger partial charge on any atom is -0.493 e. The number of esters is 1. The highest BCUT2D eigenvalue weighted by atomic mass is 32.2. The van der Waals surface area contributed by atoms with E-state index < -0.39 is 23.8 Å². The second-order valence-electron chi connectivity index (χ2n) is 8.10. The maximum absolute atomic E-state index is 13.1. The van der Waals surface area contributed by atoms with Crippen LogP contribution in [0.4, 0.5) is 0 Å². The molecule has 6 rings (SSSR count). The summed E-state index contributed by atoms with van der Waals surface area (Å²) in [6.45, 7) is 0. The number of para-hydroxylation sites is 1. The van der Waals surface area contributed by atoms with Crippen LogP contribution in [0.15, 0.2) is 28.0 Å². The molecule has 150 valence electrons. The van der Waals surface area contributed by atoms with Gasteiger partial charge in [-0.25, -0.2) is 0 Å². The van der Waals surface area contributed by atoms with Crippen LogP contribution < -0.4 is 14.3 Å². The number of aromatic nitrogens is 1. The third-order valence-corrected chi connectivity index (χ3v) is 9.63. The van der Waals surface area contributed by atoms with E-state index in [1.54, 1.807) is 17.8 Å². The fraction of sp³-hybridized carbons (Fsp3) is 0.450. The van der Waals surface area contributed by atoms with Gasteiger partial charge >= 0.3 is 16.8 Å². The first-order chi connectivity index (χ1) is 14.0. The van der Waals surface area contributed by atoms with Crippen molar-refractivity contribution in [3.8, 4) is 11.5 Å². The standard InChI is InChI=1S/C20H17NO6S2/c1-26-9-4-2-3-6-10-11-7-5-8(15(11)28-17-16(10)29-20(25)21-17)12(18(22)23)13(7)19(24)27-14(6)9/h2-4,7-8,10-13,15H,5H2,1H3,(H,21,25)(H,22,23). The number of hydrogen-bond donors (Lipinski definition) is 2. The molecule has 7 unspecified atom stereocenters. The maximum atomic E-state index is 13.1. The van der Waals surface area contributed by atoms with Crippen LogP contribution in [0, 0.1) is 29.6 Å². The summed E-state index contributed by atoms with van der Waals surface area (Å²) in [6, 6.07) is 5.52. The first-order valence-electron chi connectivity index (χ1n) is 9.50. The first-order valence-corrected chi connectivity index (χ1v) is 11.2. The van der Waals surface area contributed by atoms with Gasteiger partial charge in [0.15, 0.2) is 11.5 Å². The Kier molecular flexibility index (Phi) is 3.57. The molecule has 0 spiro atoms. The molecule has 2 aliphatic carbocycles. The van der Waals surface area contributed by atoms with Crippen LogP contribution in [0.2, 0.25) is 0 Å². The maximum Gasteiger partial charge on any atom is 0.315 e. The number of carbonyl (C=O) groups excluding carboxylic acids is 1. The molecule has 2 aliphatic heterocycles. The molecule has 2 saturated carbocycles. The molecule has 7 nitrogen and oxygen atoms in total. The molecular formula is C20H17NO6S2. The normalized spacial score (nSPS) is 35.9. The van der Waals surface area contributed by atoms with Gasteiger partial charge in [0, 0.05) is 21.6 Å². The Bertz CT molecular complexity index is 1120. The average Bonchev–Trinajstić information content (AvgIpc) is 3.35. The zero-order valence-corrected chi connectivity index (χ0v) is 16.9. The number of carbonyl (C=O) groups is 2. The number of carboxylic acids is 1. The van der Waals surface area contributed by atoms with Crippen LogP contribution in [0.3, 0.4) is 0 Å². The predicted octanol–water partition coefficient (Wildman–Crippen LogP) is 2.55. The molecule has 29 heavy (non-hydrogen) atoms. The van der Waals surface area contributed by atoms with Crippen molar-refractivity contribution in [2.75, 3.05) is 7.11 Å².